The molecule has 2 heterocycles. The fourth-order valence-corrected chi connectivity index (χ4v) is 2.33. The van der Waals surface area contributed by atoms with Gasteiger partial charge in [0.15, 0.2) is 17.3 Å². The third-order valence-electron chi connectivity index (χ3n) is 3.45. The number of hydrogen-bond acceptors (Lipinski definition) is 6. The fourth-order valence-electron chi connectivity index (χ4n) is 2.33. The number of nitrogens with zero attached hydrogens (tertiary/aromatic N) is 4. The van der Waals surface area contributed by atoms with E-state index in [9.17, 15) is 5.11 Å². The van der Waals surface area contributed by atoms with E-state index in [1.807, 2.05) is 20.8 Å². The van der Waals surface area contributed by atoms with Crippen LogP contribution in [-0.2, 0) is 5.41 Å². The van der Waals surface area contributed by atoms with Crippen molar-refractivity contribution >= 4 is 0 Å². The Morgan fingerprint density at radius 3 is 2.65 bits per heavy atom. The maximum absolute atomic E-state index is 9.77. The van der Waals surface area contributed by atoms with E-state index in [-0.39, 0.29) is 11.2 Å². The van der Waals surface area contributed by atoms with Gasteiger partial charge in [-0.2, -0.15) is 5.10 Å². The highest BCUT2D eigenvalue weighted by Crippen LogP contribution is 2.38. The van der Waals surface area contributed by atoms with E-state index >= 15 is 0 Å². The van der Waals surface area contributed by atoms with Crippen LogP contribution in [0.3, 0.4) is 0 Å². The minimum absolute atomic E-state index is 0.0677. The maximum Gasteiger partial charge on any atom is 0.168 e. The molecule has 0 fully saturated rings. The summed E-state index contributed by atoms with van der Waals surface area (Å²) in [7, 11) is 1.50. The Morgan fingerprint density at radius 2 is 2.04 bits per heavy atom. The van der Waals surface area contributed by atoms with Crippen molar-refractivity contribution in [2.24, 2.45) is 0 Å². The zero-order valence-electron chi connectivity index (χ0n) is 13.4. The van der Waals surface area contributed by atoms with Crippen LogP contribution < -0.4 is 4.74 Å². The smallest absolute Gasteiger partial charge is 0.168 e. The van der Waals surface area contributed by atoms with E-state index in [1.165, 1.54) is 13.4 Å². The highest BCUT2D eigenvalue weighted by Gasteiger charge is 2.29. The van der Waals surface area contributed by atoms with Crippen LogP contribution in [0, 0.1) is 0 Å². The van der Waals surface area contributed by atoms with Gasteiger partial charge in [0.05, 0.1) is 7.11 Å². The van der Waals surface area contributed by atoms with Gasteiger partial charge in [0.2, 0.25) is 0 Å². The van der Waals surface area contributed by atoms with E-state index in [0.717, 1.165) is 11.3 Å². The molecule has 7 heteroatoms. The molecule has 0 amide bonds. The van der Waals surface area contributed by atoms with Crippen LogP contribution in [-0.4, -0.2) is 32.1 Å². The Hall–Kier alpha value is -2.83. The van der Waals surface area contributed by atoms with E-state index in [0.29, 0.717) is 17.2 Å². The van der Waals surface area contributed by atoms with Gasteiger partial charge in [0.1, 0.15) is 24.0 Å². The van der Waals surface area contributed by atoms with Gasteiger partial charge >= 0.3 is 0 Å². The van der Waals surface area contributed by atoms with E-state index in [1.54, 1.807) is 29.2 Å². The lowest BCUT2D eigenvalue weighted by molar-refractivity contribution is 0.329. The van der Waals surface area contributed by atoms with Crippen LogP contribution in [0.1, 0.15) is 26.5 Å². The third-order valence-corrected chi connectivity index (χ3v) is 3.45. The number of rotatable bonds is 3. The normalized spacial score (nSPS) is 11.7. The number of phenolic OH excluding ortho intramolecular Hbond substituents is 1. The first-order valence-electron chi connectivity index (χ1n) is 7.14. The summed E-state index contributed by atoms with van der Waals surface area (Å²) in [6.07, 6.45) is 3.06. The molecule has 2 aromatic heterocycles. The molecule has 0 radical (unpaired) electrons. The van der Waals surface area contributed by atoms with Crippen molar-refractivity contribution in [1.82, 2.24) is 19.9 Å². The number of aromatic hydroxyl groups is 1. The van der Waals surface area contributed by atoms with Gasteiger partial charge in [-0.15, -0.1) is 0 Å². The molecule has 0 atom stereocenters. The average Bonchev–Trinajstić information content (AvgIpc) is 3.15. The number of hydrogen-bond donors (Lipinski definition) is 1. The van der Waals surface area contributed by atoms with E-state index in [4.69, 9.17) is 9.26 Å². The Bertz CT molecular complexity index is 816. The van der Waals surface area contributed by atoms with Gasteiger partial charge in [-0.25, -0.2) is 9.67 Å². The summed E-state index contributed by atoms with van der Waals surface area (Å²) in [6, 6.07) is 5.02. The molecular weight excluding hydrogens is 296 g/mol. The summed E-state index contributed by atoms with van der Waals surface area (Å²) >= 11 is 0. The number of methoxy groups -OCH3 is 1. The molecule has 0 saturated carbocycles. The summed E-state index contributed by atoms with van der Waals surface area (Å²) in [5.41, 5.74) is 1.83. The molecule has 120 valence electrons. The summed E-state index contributed by atoms with van der Waals surface area (Å²) in [5, 5.41) is 18.2. The topological polar surface area (TPSA) is 86.2 Å². The number of aromatic nitrogens is 4. The van der Waals surface area contributed by atoms with Gasteiger partial charge in [-0.05, 0) is 18.2 Å². The molecule has 0 aliphatic rings. The second kappa shape index (κ2) is 5.42. The molecule has 0 spiro atoms. The van der Waals surface area contributed by atoms with Crippen molar-refractivity contribution < 1.29 is 14.4 Å². The van der Waals surface area contributed by atoms with E-state index < -0.39 is 0 Å². The van der Waals surface area contributed by atoms with Crippen LogP contribution in [0.25, 0.3) is 16.9 Å². The fraction of sp³-hybridized carbons (Fsp3) is 0.312. The van der Waals surface area contributed by atoms with E-state index in [2.05, 4.69) is 15.2 Å². The standard InChI is InChI=1S/C16H18N4O3/c1-16(2,3)15-14(20-9-17-8-18-20)13(19-23-15)10-5-6-11(21)12(7-10)22-4/h5-9,21H,1-4H3. The number of benzene rings is 1. The van der Waals surface area contributed by atoms with Crippen molar-refractivity contribution in [2.75, 3.05) is 7.11 Å². The minimum Gasteiger partial charge on any atom is -0.504 e. The third kappa shape index (κ3) is 2.65. The predicted octanol–water partition coefficient (Wildman–Crippen LogP) is 2.93. The SMILES string of the molecule is COc1cc(-c2noc(C(C)(C)C)c2-n2cncn2)ccc1O. The second-order valence-corrected chi connectivity index (χ2v) is 6.19. The minimum atomic E-state index is -0.256. The lowest BCUT2D eigenvalue weighted by Gasteiger charge is -2.16. The quantitative estimate of drug-likeness (QED) is 0.800. The molecular formula is C16H18N4O3. The molecule has 7 nitrogen and oxygen atoms in total. The van der Waals surface area contributed by atoms with Crippen LogP contribution in [0.15, 0.2) is 35.4 Å². The summed E-state index contributed by atoms with van der Waals surface area (Å²) in [5.74, 6) is 1.13. The highest BCUT2D eigenvalue weighted by molar-refractivity contribution is 5.72. The molecule has 3 rings (SSSR count). The molecule has 1 N–H and O–H groups in total. The van der Waals surface area contributed by atoms with Crippen molar-refractivity contribution in [3.05, 3.63) is 36.6 Å². The molecule has 23 heavy (non-hydrogen) atoms. The van der Waals surface area contributed by atoms with Gasteiger partial charge in [-0.1, -0.05) is 25.9 Å². The maximum atomic E-state index is 9.77. The molecule has 0 saturated heterocycles. The Balaban J connectivity index is 2.23. The number of phenols is 1. The van der Waals surface area contributed by atoms with Crippen LogP contribution in [0.2, 0.25) is 0 Å². The van der Waals surface area contributed by atoms with Crippen molar-refractivity contribution in [1.29, 1.82) is 0 Å². The molecule has 1 aromatic carbocycles. The monoisotopic (exact) mass is 314 g/mol. The second-order valence-electron chi connectivity index (χ2n) is 6.19. The zero-order chi connectivity index (χ0) is 16.6. The van der Waals surface area contributed by atoms with Gasteiger partial charge in [0, 0.05) is 11.0 Å². The van der Waals surface area contributed by atoms with Crippen molar-refractivity contribution in [3.63, 3.8) is 0 Å². The van der Waals surface area contributed by atoms with Crippen LogP contribution >= 0.6 is 0 Å². The summed E-state index contributed by atoms with van der Waals surface area (Å²) in [6.45, 7) is 6.11. The Morgan fingerprint density at radius 1 is 1.26 bits per heavy atom. The first kappa shape index (κ1) is 15.1. The summed E-state index contributed by atoms with van der Waals surface area (Å²) in [4.78, 5) is 4.00. The zero-order valence-corrected chi connectivity index (χ0v) is 13.4. The Labute approximate surface area is 133 Å². The Kier molecular flexibility index (Phi) is 3.55. The van der Waals surface area contributed by atoms with Crippen molar-refractivity contribution in [3.8, 4) is 28.4 Å². The van der Waals surface area contributed by atoms with Gasteiger partial charge in [-0.3, -0.25) is 0 Å². The lowest BCUT2D eigenvalue weighted by atomic mass is 9.91. The van der Waals surface area contributed by atoms with Gasteiger partial charge in [0.25, 0.3) is 0 Å². The van der Waals surface area contributed by atoms with Gasteiger partial charge < -0.3 is 14.4 Å². The lowest BCUT2D eigenvalue weighted by Crippen LogP contribution is -2.14. The largest absolute Gasteiger partial charge is 0.504 e. The molecule has 0 aliphatic heterocycles. The first-order chi connectivity index (χ1) is 10.9. The van der Waals surface area contributed by atoms with Crippen LogP contribution in [0.5, 0.6) is 11.5 Å². The molecule has 0 unspecified atom stereocenters. The molecule has 0 bridgehead atoms. The molecule has 3 aromatic rings. The molecule has 0 aliphatic carbocycles. The number of ether oxygens (including phenoxy) is 1. The summed E-state index contributed by atoms with van der Waals surface area (Å²) < 4.78 is 12.4. The predicted molar refractivity (Wildman–Crippen MR) is 83.8 cm³/mol. The van der Waals surface area contributed by atoms with Crippen LogP contribution in [0.4, 0.5) is 0 Å². The van der Waals surface area contributed by atoms with Crippen molar-refractivity contribution in [2.45, 2.75) is 26.2 Å². The highest BCUT2D eigenvalue weighted by atomic mass is 16.5. The average molecular weight is 314 g/mol. The first-order valence-corrected chi connectivity index (χ1v) is 7.14.